The smallest absolute Gasteiger partial charge is 0.329 e. The summed E-state index contributed by atoms with van der Waals surface area (Å²) in [6.07, 6.45) is 5.99. The van der Waals surface area contributed by atoms with Gasteiger partial charge in [0.15, 0.2) is 8.32 Å². The van der Waals surface area contributed by atoms with E-state index in [-0.39, 0.29) is 5.04 Å². The molecule has 0 saturated carbocycles. The zero-order chi connectivity index (χ0) is 27.0. The molecule has 0 aliphatic carbocycles. The molecule has 1 aliphatic rings. The molecule has 0 fully saturated rings. The summed E-state index contributed by atoms with van der Waals surface area (Å²) in [4.78, 5) is 22.4. The van der Waals surface area contributed by atoms with Crippen LogP contribution in [0.5, 0.6) is 0 Å². The molecule has 1 atom stereocenters. The molecule has 191 valence electrons. The van der Waals surface area contributed by atoms with E-state index in [9.17, 15) is 10.1 Å². The number of anilines is 3. The molecule has 1 radical (unpaired) electrons. The molecule has 1 unspecified atom stereocenters. The summed E-state index contributed by atoms with van der Waals surface area (Å²) < 4.78 is 8.35. The van der Waals surface area contributed by atoms with Crippen LogP contribution in [0.3, 0.4) is 0 Å². The minimum atomic E-state index is -2.02. The SMILES string of the molecule is Cn1cc(Nc2nccc(-c3cc(C#N)c4c(c3)C(C)(CO[Si](C)(C)C(C)(C)C)CN4[B]C=O)n2)cn1. The van der Waals surface area contributed by atoms with E-state index in [0.717, 1.165) is 28.7 Å². The van der Waals surface area contributed by atoms with Crippen LogP contribution in [0.1, 0.15) is 38.8 Å². The quantitative estimate of drug-likeness (QED) is 0.348. The molecule has 2 aromatic heterocycles. The highest BCUT2D eigenvalue weighted by Crippen LogP contribution is 2.46. The number of nitrogens with zero attached hydrogens (tertiary/aromatic N) is 6. The number of fused-ring (bicyclic) bond motifs is 1. The predicted molar refractivity (Wildman–Crippen MR) is 149 cm³/mol. The number of hydrogen-bond acceptors (Lipinski definition) is 8. The van der Waals surface area contributed by atoms with Gasteiger partial charge in [-0.3, -0.25) is 4.68 Å². The fourth-order valence-electron chi connectivity index (χ4n) is 4.25. The van der Waals surface area contributed by atoms with Crippen LogP contribution in [-0.2, 0) is 21.7 Å². The summed E-state index contributed by atoms with van der Waals surface area (Å²) in [7, 11) is 1.32. The lowest BCUT2D eigenvalue weighted by molar-refractivity contribution is 0.219. The molecular weight excluding hydrogens is 481 g/mol. The second-order valence-corrected chi connectivity index (χ2v) is 16.2. The molecule has 1 aromatic carbocycles. The summed E-state index contributed by atoms with van der Waals surface area (Å²) in [5, 5.41) is 17.5. The van der Waals surface area contributed by atoms with Crippen molar-refractivity contribution in [1.29, 1.82) is 5.26 Å². The molecule has 11 heteroatoms. The van der Waals surface area contributed by atoms with Crippen molar-refractivity contribution in [2.75, 3.05) is 23.3 Å². The van der Waals surface area contributed by atoms with Crippen LogP contribution in [0.4, 0.5) is 17.3 Å². The van der Waals surface area contributed by atoms with Crippen LogP contribution in [0.15, 0.2) is 36.8 Å². The van der Waals surface area contributed by atoms with Crippen LogP contribution in [0.2, 0.25) is 18.1 Å². The van der Waals surface area contributed by atoms with Crippen molar-refractivity contribution in [1.82, 2.24) is 19.7 Å². The summed E-state index contributed by atoms with van der Waals surface area (Å²) in [5.74, 6) is 0.435. The van der Waals surface area contributed by atoms with Gasteiger partial charge in [0.2, 0.25) is 5.95 Å². The van der Waals surface area contributed by atoms with E-state index < -0.39 is 13.7 Å². The topological polar surface area (TPSA) is 109 Å². The van der Waals surface area contributed by atoms with Gasteiger partial charge in [-0.2, -0.15) is 10.4 Å². The summed E-state index contributed by atoms with van der Waals surface area (Å²) in [6, 6.07) is 8.05. The summed E-state index contributed by atoms with van der Waals surface area (Å²) in [6.45, 7) is 14.3. The average Bonchev–Trinajstić information content (AvgIpc) is 3.37. The van der Waals surface area contributed by atoms with Crippen molar-refractivity contribution >= 4 is 39.2 Å². The van der Waals surface area contributed by atoms with Gasteiger partial charge in [-0.25, -0.2) is 9.97 Å². The maximum absolute atomic E-state index is 11.5. The maximum atomic E-state index is 11.5. The van der Waals surface area contributed by atoms with Crippen molar-refractivity contribution in [2.45, 2.75) is 51.2 Å². The van der Waals surface area contributed by atoms with Gasteiger partial charge in [-0.1, -0.05) is 27.7 Å². The van der Waals surface area contributed by atoms with Gasteiger partial charge in [0, 0.05) is 49.3 Å². The number of benzene rings is 1. The lowest BCUT2D eigenvalue weighted by Crippen LogP contribution is -2.46. The minimum Gasteiger partial charge on any atom is -0.416 e. The summed E-state index contributed by atoms with van der Waals surface area (Å²) >= 11 is 0. The molecule has 3 heterocycles. The fourth-order valence-corrected chi connectivity index (χ4v) is 5.36. The molecule has 1 N–H and O–H groups in total. The standard InChI is InChI=1S/C26H33BN7O2Si/c1-25(2,3)37(6,7)36-16-26(4)15-34(27-17-35)23-19(12-28)10-18(11-21(23)26)22-8-9-29-24(32-22)31-20-13-30-33(5)14-20/h8-11,13-14,17H,15-16H2,1-7H3,(H,29,31,32). The van der Waals surface area contributed by atoms with E-state index in [1.54, 1.807) is 17.1 Å². The van der Waals surface area contributed by atoms with E-state index in [2.05, 4.69) is 68.3 Å². The lowest BCUT2D eigenvalue weighted by atomic mass is 9.83. The number of nitriles is 1. The second kappa shape index (κ2) is 9.76. The third-order valence-electron chi connectivity index (χ3n) is 7.40. The second-order valence-electron chi connectivity index (χ2n) is 11.3. The molecule has 4 rings (SSSR count). The van der Waals surface area contributed by atoms with E-state index in [1.165, 1.54) is 7.41 Å². The number of aromatic nitrogens is 4. The first-order valence-corrected chi connectivity index (χ1v) is 15.1. The highest BCUT2D eigenvalue weighted by molar-refractivity contribution is 6.74. The Morgan fingerprint density at radius 1 is 1.35 bits per heavy atom. The Kier molecular flexibility index (Phi) is 7.01. The Morgan fingerprint density at radius 3 is 2.73 bits per heavy atom. The molecule has 3 aromatic rings. The lowest BCUT2D eigenvalue weighted by Gasteiger charge is -2.39. The van der Waals surface area contributed by atoms with Crippen molar-refractivity contribution in [3.05, 3.63) is 47.9 Å². The first kappa shape index (κ1) is 26.6. The third kappa shape index (κ3) is 5.31. The Labute approximate surface area is 220 Å². The molecule has 1 aliphatic heterocycles. The zero-order valence-electron chi connectivity index (χ0n) is 22.5. The van der Waals surface area contributed by atoms with Crippen molar-refractivity contribution in [3.8, 4) is 17.3 Å². The number of carbonyl (C=O) groups is 1. The van der Waals surface area contributed by atoms with Crippen molar-refractivity contribution < 1.29 is 9.22 Å². The van der Waals surface area contributed by atoms with Crippen LogP contribution >= 0.6 is 0 Å². The Morgan fingerprint density at radius 2 is 2.11 bits per heavy atom. The molecular formula is C26H33BN7O2Si. The Balaban J connectivity index is 1.75. The molecule has 9 nitrogen and oxygen atoms in total. The number of hydrogen-bond donors (Lipinski definition) is 1. The van der Waals surface area contributed by atoms with Gasteiger partial charge in [0.1, 0.15) is 12.3 Å². The minimum absolute atomic E-state index is 0.0672. The number of rotatable bonds is 8. The highest BCUT2D eigenvalue weighted by atomic mass is 28.4. The molecule has 0 amide bonds. The van der Waals surface area contributed by atoms with Crippen LogP contribution in [-0.4, -0.2) is 54.8 Å². The Bertz CT molecular complexity index is 1360. The van der Waals surface area contributed by atoms with E-state index >= 15 is 0 Å². The summed E-state index contributed by atoms with van der Waals surface area (Å²) in [5.41, 5.74) is 4.06. The van der Waals surface area contributed by atoms with Gasteiger partial charge < -0.3 is 19.3 Å². The first-order valence-electron chi connectivity index (χ1n) is 12.2. The van der Waals surface area contributed by atoms with Crippen LogP contribution in [0.25, 0.3) is 11.3 Å². The average molecular weight is 514 g/mol. The molecule has 0 spiro atoms. The maximum Gasteiger partial charge on any atom is 0.329 e. The van der Waals surface area contributed by atoms with Gasteiger partial charge >= 0.3 is 7.41 Å². The van der Waals surface area contributed by atoms with E-state index in [4.69, 9.17) is 9.41 Å². The van der Waals surface area contributed by atoms with Gasteiger partial charge in [0.05, 0.1) is 23.1 Å². The van der Waals surface area contributed by atoms with Crippen LogP contribution in [0, 0.1) is 11.3 Å². The molecule has 0 bridgehead atoms. The largest absolute Gasteiger partial charge is 0.416 e. The van der Waals surface area contributed by atoms with Gasteiger partial charge in [-0.15, -0.1) is 0 Å². The number of aryl methyl sites for hydroxylation is 1. The van der Waals surface area contributed by atoms with Crippen molar-refractivity contribution in [3.63, 3.8) is 0 Å². The zero-order valence-corrected chi connectivity index (χ0v) is 23.5. The van der Waals surface area contributed by atoms with Gasteiger partial charge in [0.25, 0.3) is 0 Å². The number of carbonyl (C=O) groups excluding carboxylic acids is 1. The van der Waals surface area contributed by atoms with Crippen molar-refractivity contribution in [2.24, 2.45) is 7.05 Å². The third-order valence-corrected chi connectivity index (χ3v) is 11.9. The van der Waals surface area contributed by atoms with Crippen LogP contribution < -0.4 is 10.1 Å². The van der Waals surface area contributed by atoms with E-state index in [1.807, 2.05) is 30.2 Å². The first-order chi connectivity index (χ1) is 17.4. The van der Waals surface area contributed by atoms with E-state index in [0.29, 0.717) is 30.4 Å². The predicted octanol–water partition coefficient (Wildman–Crippen LogP) is 4.40. The fraction of sp³-hybridized carbons (Fsp3) is 0.423. The van der Waals surface area contributed by atoms with Gasteiger partial charge in [-0.05, 0) is 41.9 Å². The number of nitrogens with one attached hydrogen (secondary N) is 1. The normalized spacial score (nSPS) is 17.3. The molecule has 37 heavy (non-hydrogen) atoms. The highest BCUT2D eigenvalue weighted by Gasteiger charge is 2.44. The Hall–Kier alpha value is -3.49. The monoisotopic (exact) mass is 514 g/mol. The molecule has 0 saturated heterocycles.